The number of halogens is 2. The molecule has 1 aromatic heterocycles. The average Bonchev–Trinajstić information content (AvgIpc) is 3.43. The van der Waals surface area contributed by atoms with Crippen molar-refractivity contribution in [3.8, 4) is 11.3 Å². The number of carboxylic acids is 1. The number of carboxylic acid groups (broad SMARTS) is 1. The zero-order valence-corrected chi connectivity index (χ0v) is 31.1. The monoisotopic (exact) mass is 739 g/mol. The predicted molar refractivity (Wildman–Crippen MR) is 184 cm³/mol. The molecule has 1 amide bonds. The van der Waals surface area contributed by atoms with Gasteiger partial charge in [0.1, 0.15) is 5.60 Å². The van der Waals surface area contributed by atoms with Gasteiger partial charge in [-0.1, -0.05) is 23.2 Å². The number of likely N-dealkylation sites (tertiary alicyclic amines) is 1. The summed E-state index contributed by atoms with van der Waals surface area (Å²) in [7, 11) is 0. The van der Waals surface area contributed by atoms with Crippen molar-refractivity contribution in [1.82, 2.24) is 15.2 Å². The van der Waals surface area contributed by atoms with Crippen molar-refractivity contribution < 1.29 is 47.2 Å². The van der Waals surface area contributed by atoms with Crippen molar-refractivity contribution in [2.75, 3.05) is 26.2 Å². The standard InChI is InChI=1S/C15H17ClN2O.C11H19NO4.C9H10ClNO.V/c1-10-14(11-2-4-13(16)5-3-11)19-15(18-10)12-6-8-17-9-7-12;1-11(2,3)16-10(15)12-6-4-8(5-7-12)9(13)14;1-6(11)9(12)7-2-4-8(10)5-3-7;/h2-5,12,17H,6-9H2,1H3;8H,4-7H2,1-3H3,(H,13,14);2-6H,11H2,1H3;. The Morgan fingerprint density at radius 1 is 0.979 bits per heavy atom. The van der Waals surface area contributed by atoms with Gasteiger partial charge < -0.3 is 30.2 Å². The molecule has 2 saturated heterocycles. The molecule has 3 aromatic rings. The molecule has 261 valence electrons. The minimum absolute atomic E-state index is 0. The molecule has 3 heterocycles. The molecule has 13 heteroatoms. The van der Waals surface area contributed by atoms with E-state index < -0.39 is 17.6 Å². The molecule has 1 atom stereocenters. The molecule has 2 fully saturated rings. The smallest absolute Gasteiger partial charge is 0.410 e. The van der Waals surface area contributed by atoms with Gasteiger partial charge in [0.15, 0.2) is 17.4 Å². The predicted octanol–water partition coefficient (Wildman–Crippen LogP) is 7.36. The number of benzene rings is 2. The van der Waals surface area contributed by atoms with Gasteiger partial charge in [-0.25, -0.2) is 9.78 Å². The van der Waals surface area contributed by atoms with E-state index in [1.807, 2.05) is 52.0 Å². The van der Waals surface area contributed by atoms with E-state index in [1.165, 1.54) is 0 Å². The minimum atomic E-state index is -0.774. The van der Waals surface area contributed by atoms with Gasteiger partial charge in [0.25, 0.3) is 0 Å². The van der Waals surface area contributed by atoms with Crippen molar-refractivity contribution in [3.05, 3.63) is 75.7 Å². The summed E-state index contributed by atoms with van der Waals surface area (Å²) in [5.74, 6) is 1.03. The third-order valence-corrected chi connectivity index (χ3v) is 8.15. The van der Waals surface area contributed by atoms with Gasteiger partial charge in [-0.15, -0.1) is 0 Å². The molecule has 0 bridgehead atoms. The Bertz CT molecular complexity index is 1460. The number of aromatic nitrogens is 1. The molecule has 0 saturated carbocycles. The first-order chi connectivity index (χ1) is 22.1. The first kappa shape index (κ1) is 41.3. The molecule has 1 unspecified atom stereocenters. The van der Waals surface area contributed by atoms with Gasteiger partial charge in [-0.05, 0) is 122 Å². The Morgan fingerprint density at radius 2 is 1.50 bits per heavy atom. The van der Waals surface area contributed by atoms with Gasteiger partial charge in [-0.3, -0.25) is 9.59 Å². The Balaban J connectivity index is 0.000000254. The Labute approximate surface area is 305 Å². The zero-order chi connectivity index (χ0) is 34.7. The number of oxazole rings is 1. The van der Waals surface area contributed by atoms with E-state index >= 15 is 0 Å². The van der Waals surface area contributed by atoms with E-state index in [-0.39, 0.29) is 36.4 Å². The number of aryl methyl sites for hydroxylation is 1. The van der Waals surface area contributed by atoms with Crippen molar-refractivity contribution in [2.24, 2.45) is 11.7 Å². The number of ketones is 1. The summed E-state index contributed by atoms with van der Waals surface area (Å²) in [5.41, 5.74) is 7.52. The number of hydrogen-bond donors (Lipinski definition) is 3. The summed E-state index contributed by atoms with van der Waals surface area (Å²) in [5, 5.41) is 13.5. The Hall–Kier alpha value is -2.86. The van der Waals surface area contributed by atoms with E-state index in [0.717, 1.165) is 53.9 Å². The third kappa shape index (κ3) is 13.2. The van der Waals surface area contributed by atoms with Crippen molar-refractivity contribution in [3.63, 3.8) is 0 Å². The van der Waals surface area contributed by atoms with Crippen LogP contribution in [0.2, 0.25) is 10.0 Å². The van der Waals surface area contributed by atoms with Crippen molar-refractivity contribution >= 4 is 41.0 Å². The second kappa shape index (κ2) is 19.4. The molecule has 10 nitrogen and oxygen atoms in total. The summed E-state index contributed by atoms with van der Waals surface area (Å²) in [4.78, 5) is 39.8. The largest absolute Gasteiger partial charge is 0.481 e. The molecule has 5 rings (SSSR count). The number of hydrogen-bond acceptors (Lipinski definition) is 8. The first-order valence-corrected chi connectivity index (χ1v) is 16.6. The summed E-state index contributed by atoms with van der Waals surface area (Å²) >= 11 is 11.6. The van der Waals surface area contributed by atoms with Crippen LogP contribution in [0.15, 0.2) is 52.9 Å². The maximum atomic E-state index is 11.6. The van der Waals surface area contributed by atoms with Crippen LogP contribution >= 0.6 is 23.2 Å². The molecular formula is C35H46Cl2N4O6V. The van der Waals surface area contributed by atoms with Gasteiger partial charge in [-0.2, -0.15) is 0 Å². The summed E-state index contributed by atoms with van der Waals surface area (Å²) in [6.07, 6.45) is 2.86. The van der Waals surface area contributed by atoms with Crippen LogP contribution < -0.4 is 11.1 Å². The number of Topliss-reactive ketones (excluding diaryl/α,β-unsaturated/α-hetero) is 1. The number of amides is 1. The summed E-state index contributed by atoms with van der Waals surface area (Å²) in [6, 6.07) is 14.0. The maximum absolute atomic E-state index is 11.6. The number of nitrogens with zero attached hydrogens (tertiary/aromatic N) is 2. The molecular weight excluding hydrogens is 694 g/mol. The van der Waals surface area contributed by atoms with Crippen LogP contribution in [0.4, 0.5) is 4.79 Å². The van der Waals surface area contributed by atoms with Gasteiger partial charge >= 0.3 is 12.1 Å². The fraction of sp³-hybridized carbons (Fsp3) is 0.486. The molecule has 0 aliphatic carbocycles. The number of carbonyl (C=O) groups excluding carboxylic acids is 2. The Kier molecular flexibility index (Phi) is 16.7. The molecule has 0 spiro atoms. The first-order valence-electron chi connectivity index (χ1n) is 15.8. The Morgan fingerprint density at radius 3 is 1.98 bits per heavy atom. The van der Waals surface area contributed by atoms with E-state index in [2.05, 4.69) is 10.3 Å². The van der Waals surface area contributed by atoms with E-state index in [0.29, 0.717) is 42.4 Å². The van der Waals surface area contributed by atoms with E-state index in [1.54, 1.807) is 36.1 Å². The number of piperidine rings is 2. The number of carbonyl (C=O) groups is 3. The van der Waals surface area contributed by atoms with Gasteiger partial charge in [0.05, 0.1) is 17.7 Å². The van der Waals surface area contributed by atoms with Crippen LogP contribution in [-0.2, 0) is 28.1 Å². The third-order valence-electron chi connectivity index (χ3n) is 7.65. The fourth-order valence-corrected chi connectivity index (χ4v) is 5.29. The average molecular weight is 741 g/mol. The minimum Gasteiger partial charge on any atom is -0.481 e. The van der Waals surface area contributed by atoms with Crippen LogP contribution in [0, 0.1) is 12.8 Å². The molecule has 2 aliphatic rings. The van der Waals surface area contributed by atoms with Crippen LogP contribution in [0.5, 0.6) is 0 Å². The van der Waals surface area contributed by atoms with E-state index in [9.17, 15) is 14.4 Å². The molecule has 2 aliphatic heterocycles. The second-order valence-electron chi connectivity index (χ2n) is 12.7. The number of ether oxygens (including phenoxy) is 1. The molecule has 1 radical (unpaired) electrons. The van der Waals surface area contributed by atoms with E-state index in [4.69, 9.17) is 43.2 Å². The SMILES string of the molecule is CC(C)(C)OC(=O)N1CCC(C(=O)O)CC1.CC(N)C(=O)c1ccc(Cl)cc1.Cc1nc(C2CCNCC2)oc1-c1ccc(Cl)cc1.[V]. The summed E-state index contributed by atoms with van der Waals surface area (Å²) < 4.78 is 11.2. The van der Waals surface area contributed by atoms with Crippen LogP contribution in [0.3, 0.4) is 0 Å². The number of nitrogens with one attached hydrogen (secondary N) is 1. The molecule has 4 N–H and O–H groups in total. The van der Waals surface area contributed by atoms with Gasteiger partial charge in [0.2, 0.25) is 0 Å². The van der Waals surface area contributed by atoms with Gasteiger partial charge in [0, 0.05) is 58.7 Å². The number of nitrogens with two attached hydrogens (primary N) is 1. The zero-order valence-electron chi connectivity index (χ0n) is 28.2. The van der Waals surface area contributed by atoms with Crippen LogP contribution in [-0.4, -0.2) is 70.7 Å². The number of aliphatic carboxylic acids is 1. The van der Waals surface area contributed by atoms with Crippen LogP contribution in [0.1, 0.15) is 81.2 Å². The quantitative estimate of drug-likeness (QED) is 0.228. The molecule has 2 aromatic carbocycles. The number of rotatable bonds is 5. The van der Waals surface area contributed by atoms with Crippen LogP contribution in [0.25, 0.3) is 11.3 Å². The topological polar surface area (TPSA) is 148 Å². The normalized spacial score (nSPS) is 15.9. The molecule has 48 heavy (non-hydrogen) atoms. The fourth-order valence-electron chi connectivity index (χ4n) is 5.04. The van der Waals surface area contributed by atoms with Crippen molar-refractivity contribution in [1.29, 1.82) is 0 Å². The second-order valence-corrected chi connectivity index (χ2v) is 13.6. The summed E-state index contributed by atoms with van der Waals surface area (Å²) in [6.45, 7) is 12.1. The maximum Gasteiger partial charge on any atom is 0.410 e. The van der Waals surface area contributed by atoms with Crippen molar-refractivity contribution in [2.45, 2.75) is 77.9 Å².